The molecule has 0 bridgehead atoms. The second-order valence-electron chi connectivity index (χ2n) is 6.67. The minimum Gasteiger partial charge on any atom is -0.366 e. The molecule has 3 N–H and O–H groups in total. The third kappa shape index (κ3) is 2.10. The Labute approximate surface area is 140 Å². The molecule has 0 spiro atoms. The number of nitrogens with two attached hydrogens (primary N) is 1. The van der Waals surface area contributed by atoms with Crippen LogP contribution in [-0.2, 0) is 19.5 Å². The Morgan fingerprint density at radius 1 is 1.12 bits per heavy atom. The zero-order valence-electron chi connectivity index (χ0n) is 13.8. The van der Waals surface area contributed by atoms with Gasteiger partial charge in [-0.05, 0) is 65.8 Å². The third-order valence-electron chi connectivity index (χ3n) is 5.24. The van der Waals surface area contributed by atoms with Gasteiger partial charge in [0, 0.05) is 24.2 Å². The molecule has 1 amide bonds. The van der Waals surface area contributed by atoms with Crippen LogP contribution in [0.5, 0.6) is 0 Å². The van der Waals surface area contributed by atoms with E-state index in [1.807, 2.05) is 19.9 Å². The van der Waals surface area contributed by atoms with Gasteiger partial charge in [0.15, 0.2) is 0 Å². The molecule has 4 heteroatoms. The fourth-order valence-corrected chi connectivity index (χ4v) is 3.85. The standard InChI is InChI=1S/C20H19FN2O/c1-10-5-15-16(20(22)24)7-17(21)19(18(15)11(10)2)12-3-4-13-8-23-9-14(13)6-12/h3-4,6-7,23H,5,8-9H2,1-2H3,(H2,22,24). The molecule has 1 aliphatic carbocycles. The first-order valence-corrected chi connectivity index (χ1v) is 8.12. The number of halogens is 1. The van der Waals surface area contributed by atoms with Crippen molar-refractivity contribution in [2.24, 2.45) is 5.73 Å². The van der Waals surface area contributed by atoms with Crippen molar-refractivity contribution in [2.45, 2.75) is 33.4 Å². The number of allylic oxidation sites excluding steroid dienone is 2. The van der Waals surface area contributed by atoms with Gasteiger partial charge in [-0.15, -0.1) is 0 Å². The van der Waals surface area contributed by atoms with E-state index in [9.17, 15) is 9.18 Å². The summed E-state index contributed by atoms with van der Waals surface area (Å²) < 4.78 is 15.0. The quantitative estimate of drug-likeness (QED) is 0.888. The maximum Gasteiger partial charge on any atom is 0.249 e. The molecule has 0 unspecified atom stereocenters. The van der Waals surface area contributed by atoms with Crippen molar-refractivity contribution >= 4 is 11.5 Å². The van der Waals surface area contributed by atoms with Crippen LogP contribution >= 0.6 is 0 Å². The van der Waals surface area contributed by atoms with Crippen LogP contribution in [0.25, 0.3) is 16.7 Å². The molecular formula is C20H19FN2O. The second-order valence-corrected chi connectivity index (χ2v) is 6.67. The minimum absolute atomic E-state index is 0.297. The summed E-state index contributed by atoms with van der Waals surface area (Å²) >= 11 is 0. The first kappa shape index (κ1) is 15.1. The summed E-state index contributed by atoms with van der Waals surface area (Å²) in [5.41, 5.74) is 13.6. The number of primary amides is 1. The number of hydrogen-bond donors (Lipinski definition) is 2. The zero-order chi connectivity index (χ0) is 17.0. The molecule has 0 saturated carbocycles. The van der Waals surface area contributed by atoms with Gasteiger partial charge in [0.1, 0.15) is 5.82 Å². The zero-order valence-corrected chi connectivity index (χ0v) is 13.8. The molecule has 1 aliphatic heterocycles. The van der Waals surface area contributed by atoms with Crippen molar-refractivity contribution in [3.05, 3.63) is 63.5 Å². The number of nitrogens with one attached hydrogen (secondary N) is 1. The summed E-state index contributed by atoms with van der Waals surface area (Å²) in [7, 11) is 0. The molecule has 24 heavy (non-hydrogen) atoms. The molecule has 3 nitrogen and oxygen atoms in total. The van der Waals surface area contributed by atoms with Crippen LogP contribution in [0.1, 0.15) is 46.5 Å². The maximum absolute atomic E-state index is 15.0. The first-order valence-electron chi connectivity index (χ1n) is 8.12. The molecule has 4 rings (SSSR count). The molecular weight excluding hydrogens is 303 g/mol. The monoisotopic (exact) mass is 322 g/mol. The molecule has 2 aliphatic rings. The van der Waals surface area contributed by atoms with Crippen LogP contribution in [0, 0.1) is 5.82 Å². The highest BCUT2D eigenvalue weighted by molar-refractivity contribution is 6.00. The SMILES string of the molecule is CC1=C(C)c2c(c(C(N)=O)cc(F)c2-c2ccc3c(c2)CNC3)C1. The first-order chi connectivity index (χ1) is 11.5. The largest absolute Gasteiger partial charge is 0.366 e. The lowest BCUT2D eigenvalue weighted by molar-refractivity contribution is 0.0999. The van der Waals surface area contributed by atoms with Crippen LogP contribution in [-0.4, -0.2) is 5.91 Å². The summed E-state index contributed by atoms with van der Waals surface area (Å²) in [5.74, 6) is -0.958. The van der Waals surface area contributed by atoms with Gasteiger partial charge in [-0.2, -0.15) is 0 Å². The highest BCUT2D eigenvalue weighted by atomic mass is 19.1. The lowest BCUT2D eigenvalue weighted by Gasteiger charge is -2.15. The molecule has 0 aromatic heterocycles. The van der Waals surface area contributed by atoms with E-state index in [2.05, 4.69) is 17.4 Å². The maximum atomic E-state index is 15.0. The highest BCUT2D eigenvalue weighted by Crippen LogP contribution is 2.43. The number of carbonyl (C=O) groups is 1. The topological polar surface area (TPSA) is 55.1 Å². The molecule has 0 atom stereocenters. The van der Waals surface area contributed by atoms with Crippen molar-refractivity contribution in [2.75, 3.05) is 0 Å². The van der Waals surface area contributed by atoms with Gasteiger partial charge in [0.05, 0.1) is 0 Å². The molecule has 2 aromatic carbocycles. The van der Waals surface area contributed by atoms with Crippen molar-refractivity contribution < 1.29 is 9.18 Å². The van der Waals surface area contributed by atoms with Crippen molar-refractivity contribution in [1.82, 2.24) is 5.32 Å². The molecule has 2 aromatic rings. The van der Waals surface area contributed by atoms with Crippen LogP contribution in [0.2, 0.25) is 0 Å². The fourth-order valence-electron chi connectivity index (χ4n) is 3.85. The summed E-state index contributed by atoms with van der Waals surface area (Å²) in [5, 5.41) is 3.31. The smallest absolute Gasteiger partial charge is 0.249 e. The Balaban J connectivity index is 2.00. The number of fused-ring (bicyclic) bond motifs is 2. The Morgan fingerprint density at radius 3 is 2.62 bits per heavy atom. The van der Waals surface area contributed by atoms with Crippen LogP contribution in [0.4, 0.5) is 4.39 Å². The van der Waals surface area contributed by atoms with Gasteiger partial charge in [-0.1, -0.05) is 17.7 Å². The van der Waals surface area contributed by atoms with Gasteiger partial charge in [0.25, 0.3) is 0 Å². The number of benzene rings is 2. The van der Waals surface area contributed by atoms with Gasteiger partial charge < -0.3 is 11.1 Å². The third-order valence-corrected chi connectivity index (χ3v) is 5.24. The molecule has 122 valence electrons. The predicted molar refractivity (Wildman–Crippen MR) is 92.9 cm³/mol. The van der Waals surface area contributed by atoms with Crippen LogP contribution in [0.3, 0.4) is 0 Å². The van der Waals surface area contributed by atoms with E-state index in [0.29, 0.717) is 17.5 Å². The van der Waals surface area contributed by atoms with E-state index >= 15 is 0 Å². The summed E-state index contributed by atoms with van der Waals surface area (Å²) in [4.78, 5) is 11.8. The number of carbonyl (C=O) groups excluding carboxylic acids is 1. The van der Waals surface area contributed by atoms with Crippen molar-refractivity contribution in [3.63, 3.8) is 0 Å². The molecule has 1 heterocycles. The number of amides is 1. The molecule has 0 radical (unpaired) electrons. The Bertz CT molecular complexity index is 928. The van der Waals surface area contributed by atoms with E-state index in [1.165, 1.54) is 17.2 Å². The highest BCUT2D eigenvalue weighted by Gasteiger charge is 2.28. The summed E-state index contributed by atoms with van der Waals surface area (Å²) in [6.45, 7) is 5.67. The lowest BCUT2D eigenvalue weighted by Crippen LogP contribution is -2.15. The van der Waals surface area contributed by atoms with E-state index < -0.39 is 5.91 Å². The van der Waals surface area contributed by atoms with Crippen LogP contribution in [0.15, 0.2) is 29.8 Å². The molecule has 0 fully saturated rings. The van der Waals surface area contributed by atoms with Crippen molar-refractivity contribution in [3.8, 4) is 11.1 Å². The Kier molecular flexibility index (Phi) is 3.32. The van der Waals surface area contributed by atoms with Gasteiger partial charge in [-0.25, -0.2) is 4.39 Å². The van der Waals surface area contributed by atoms with E-state index in [-0.39, 0.29) is 5.82 Å². The van der Waals surface area contributed by atoms with E-state index in [0.717, 1.165) is 40.9 Å². The van der Waals surface area contributed by atoms with Crippen LogP contribution < -0.4 is 11.1 Å². The van der Waals surface area contributed by atoms with Crippen molar-refractivity contribution in [1.29, 1.82) is 0 Å². The van der Waals surface area contributed by atoms with Gasteiger partial charge in [-0.3, -0.25) is 4.79 Å². The number of rotatable bonds is 2. The van der Waals surface area contributed by atoms with E-state index in [1.54, 1.807) is 0 Å². The second kappa shape index (κ2) is 5.28. The van der Waals surface area contributed by atoms with Gasteiger partial charge >= 0.3 is 0 Å². The average molecular weight is 322 g/mol. The Hall–Kier alpha value is -2.46. The van der Waals surface area contributed by atoms with E-state index in [4.69, 9.17) is 5.73 Å². The normalized spacial score (nSPS) is 15.6. The number of hydrogen-bond acceptors (Lipinski definition) is 2. The predicted octanol–water partition coefficient (Wildman–Crippen LogP) is 3.54. The average Bonchev–Trinajstić information content (AvgIpc) is 3.12. The minimum atomic E-state index is -0.572. The Morgan fingerprint density at radius 2 is 1.88 bits per heavy atom. The fraction of sp³-hybridized carbons (Fsp3) is 0.250. The molecule has 0 saturated heterocycles. The lowest BCUT2D eigenvalue weighted by atomic mass is 9.89. The summed E-state index contributed by atoms with van der Waals surface area (Å²) in [6.07, 6.45) is 0.652. The summed E-state index contributed by atoms with van der Waals surface area (Å²) in [6, 6.07) is 7.38. The van der Waals surface area contributed by atoms with Gasteiger partial charge in [0.2, 0.25) is 5.91 Å².